The maximum Gasteiger partial charge on any atom is 0.228 e. The van der Waals surface area contributed by atoms with E-state index >= 15 is 0 Å². The molecule has 0 aromatic heterocycles. The number of benzene rings is 2. The topological polar surface area (TPSA) is 156 Å². The number of phenolic OH excluding ortho intramolecular Hbond substituents is 4. The molecule has 0 atom stereocenters. The molecule has 2 aromatic carbocycles. The zero-order valence-electron chi connectivity index (χ0n) is 15.2. The van der Waals surface area contributed by atoms with Crippen molar-refractivity contribution >= 4 is 23.7 Å². The summed E-state index contributed by atoms with van der Waals surface area (Å²) in [6, 6.07) is 7.78. The normalized spacial score (nSPS) is 11.9. The fourth-order valence-corrected chi connectivity index (χ4v) is 2.29. The van der Waals surface area contributed by atoms with Crippen LogP contribution in [0.15, 0.2) is 48.6 Å². The Morgan fingerprint density at radius 2 is 1.24 bits per heavy atom. The van der Waals surface area contributed by atoms with Crippen molar-refractivity contribution < 1.29 is 40.2 Å². The highest BCUT2D eigenvalue weighted by molar-refractivity contribution is 5.99. The fourth-order valence-electron chi connectivity index (χ4n) is 2.29. The van der Waals surface area contributed by atoms with Gasteiger partial charge in [-0.1, -0.05) is 24.3 Å². The fraction of sp³-hybridized carbons (Fsp3) is 0.143. The lowest BCUT2D eigenvalue weighted by Gasteiger charge is -2.17. The average Bonchev–Trinajstić information content (AvgIpc) is 2.68. The number of rotatable bonds is 8. The van der Waals surface area contributed by atoms with E-state index in [0.29, 0.717) is 11.1 Å². The SMILES string of the molecule is O=C(C=Cc1ccc(O)c(O)c1)CCC(O)(O)C(=O)C=Cc1ccc(O)c(O)c1. The minimum absolute atomic E-state index is 0.298. The van der Waals surface area contributed by atoms with Crippen molar-refractivity contribution in [1.29, 1.82) is 0 Å². The minimum atomic E-state index is -2.75. The van der Waals surface area contributed by atoms with Gasteiger partial charge in [-0.15, -0.1) is 0 Å². The number of hydrogen-bond donors (Lipinski definition) is 6. The lowest BCUT2D eigenvalue weighted by Crippen LogP contribution is -2.37. The molecule has 2 aromatic rings. The third-order valence-electron chi connectivity index (χ3n) is 4.00. The van der Waals surface area contributed by atoms with Crippen LogP contribution in [-0.4, -0.2) is 48.0 Å². The number of aromatic hydroxyl groups is 4. The summed E-state index contributed by atoms with van der Waals surface area (Å²) < 4.78 is 0. The van der Waals surface area contributed by atoms with Gasteiger partial charge >= 0.3 is 0 Å². The molecular weight excluding hydrogens is 380 g/mol. The molecule has 0 amide bonds. The van der Waals surface area contributed by atoms with Crippen molar-refractivity contribution in [2.45, 2.75) is 18.6 Å². The summed E-state index contributed by atoms with van der Waals surface area (Å²) in [4.78, 5) is 23.9. The third kappa shape index (κ3) is 6.20. The van der Waals surface area contributed by atoms with Gasteiger partial charge in [0.05, 0.1) is 0 Å². The number of carbonyl (C=O) groups excluding carboxylic acids is 2. The van der Waals surface area contributed by atoms with Crippen LogP contribution in [0.3, 0.4) is 0 Å². The summed E-state index contributed by atoms with van der Waals surface area (Å²) in [5.41, 5.74) is 0.796. The zero-order valence-corrected chi connectivity index (χ0v) is 15.2. The second-order valence-electron chi connectivity index (χ2n) is 6.31. The molecule has 0 spiro atoms. The van der Waals surface area contributed by atoms with Gasteiger partial charge in [-0.3, -0.25) is 9.59 Å². The van der Waals surface area contributed by atoms with E-state index in [4.69, 9.17) is 0 Å². The summed E-state index contributed by atoms with van der Waals surface area (Å²) >= 11 is 0. The molecule has 6 N–H and O–H groups in total. The number of hydrogen-bond acceptors (Lipinski definition) is 8. The van der Waals surface area contributed by atoms with Crippen molar-refractivity contribution in [3.05, 3.63) is 59.7 Å². The monoisotopic (exact) mass is 400 g/mol. The molecule has 2 rings (SSSR count). The van der Waals surface area contributed by atoms with Gasteiger partial charge in [-0.25, -0.2) is 0 Å². The lowest BCUT2D eigenvalue weighted by molar-refractivity contribution is -0.180. The largest absolute Gasteiger partial charge is 0.504 e. The van der Waals surface area contributed by atoms with Gasteiger partial charge in [0.2, 0.25) is 11.6 Å². The van der Waals surface area contributed by atoms with Crippen molar-refractivity contribution in [2.75, 3.05) is 0 Å². The van der Waals surface area contributed by atoms with Crippen LogP contribution in [0.5, 0.6) is 23.0 Å². The van der Waals surface area contributed by atoms with Crippen LogP contribution >= 0.6 is 0 Å². The third-order valence-corrected chi connectivity index (χ3v) is 4.00. The quantitative estimate of drug-likeness (QED) is 0.223. The predicted molar refractivity (Wildman–Crippen MR) is 104 cm³/mol. The number of aliphatic hydroxyl groups is 2. The summed E-state index contributed by atoms with van der Waals surface area (Å²) in [5.74, 6) is -5.65. The van der Waals surface area contributed by atoms with E-state index in [9.17, 15) is 40.2 Å². The van der Waals surface area contributed by atoms with Crippen molar-refractivity contribution in [3.8, 4) is 23.0 Å². The molecule has 0 radical (unpaired) electrons. The molecule has 8 nitrogen and oxygen atoms in total. The van der Waals surface area contributed by atoms with Crippen LogP contribution in [0.25, 0.3) is 12.2 Å². The average molecular weight is 400 g/mol. The molecule has 0 aliphatic heterocycles. The molecule has 0 unspecified atom stereocenters. The standard InChI is InChI=1S/C21H20O8/c22-15(5-1-13-2-6-16(23)18(25)11-13)9-10-21(28,29)20(27)8-4-14-3-7-17(24)19(26)12-14/h1-8,11-12,23-26,28-29H,9-10H2. The molecule has 0 saturated heterocycles. The predicted octanol–water partition coefficient (Wildman–Crippen LogP) is 1.83. The number of ketones is 2. The highest BCUT2D eigenvalue weighted by atomic mass is 16.5. The Labute approximate surface area is 165 Å². The Kier molecular flexibility index (Phi) is 6.76. The maximum absolute atomic E-state index is 12.0. The first-order valence-corrected chi connectivity index (χ1v) is 8.50. The number of carbonyl (C=O) groups is 2. The first kappa shape index (κ1) is 21.7. The molecule has 0 aliphatic rings. The molecule has 152 valence electrons. The van der Waals surface area contributed by atoms with Gasteiger partial charge in [-0.2, -0.15) is 0 Å². The van der Waals surface area contributed by atoms with Gasteiger partial charge in [0.1, 0.15) is 0 Å². The number of phenols is 4. The van der Waals surface area contributed by atoms with Gasteiger partial charge in [-0.05, 0) is 47.5 Å². The van der Waals surface area contributed by atoms with Crippen molar-refractivity contribution in [1.82, 2.24) is 0 Å². The van der Waals surface area contributed by atoms with E-state index in [0.717, 1.165) is 12.2 Å². The molecule has 0 heterocycles. The second-order valence-corrected chi connectivity index (χ2v) is 6.31. The van der Waals surface area contributed by atoms with Crippen molar-refractivity contribution in [3.63, 3.8) is 0 Å². The summed E-state index contributed by atoms with van der Waals surface area (Å²) in [5, 5.41) is 57.0. The van der Waals surface area contributed by atoms with E-state index < -0.39 is 29.5 Å². The molecule has 29 heavy (non-hydrogen) atoms. The van der Waals surface area contributed by atoms with Crippen LogP contribution in [-0.2, 0) is 9.59 Å². The Bertz CT molecular complexity index is 973. The van der Waals surface area contributed by atoms with Gasteiger partial charge in [0, 0.05) is 12.8 Å². The van der Waals surface area contributed by atoms with Crippen LogP contribution < -0.4 is 0 Å². The number of allylic oxidation sites excluding steroid dienone is 1. The molecule has 0 bridgehead atoms. The van der Waals surface area contributed by atoms with Gasteiger partial charge in [0.15, 0.2) is 28.8 Å². The molecule has 0 aliphatic carbocycles. The first-order valence-electron chi connectivity index (χ1n) is 8.50. The Morgan fingerprint density at radius 1 is 0.759 bits per heavy atom. The Balaban J connectivity index is 1.93. The smallest absolute Gasteiger partial charge is 0.228 e. The van der Waals surface area contributed by atoms with E-state index in [1.165, 1.54) is 48.6 Å². The summed E-state index contributed by atoms with van der Waals surface area (Å²) in [7, 11) is 0. The molecule has 0 fully saturated rings. The molecule has 8 heteroatoms. The second kappa shape index (κ2) is 9.05. The minimum Gasteiger partial charge on any atom is -0.504 e. The van der Waals surface area contributed by atoms with Crippen LogP contribution in [0.1, 0.15) is 24.0 Å². The highest BCUT2D eigenvalue weighted by Gasteiger charge is 2.31. The maximum atomic E-state index is 12.0. The lowest BCUT2D eigenvalue weighted by atomic mass is 10.0. The van der Waals surface area contributed by atoms with E-state index in [1.807, 2.05) is 0 Å². The van der Waals surface area contributed by atoms with Crippen LogP contribution in [0.2, 0.25) is 0 Å². The van der Waals surface area contributed by atoms with E-state index in [1.54, 1.807) is 0 Å². The highest BCUT2D eigenvalue weighted by Crippen LogP contribution is 2.26. The van der Waals surface area contributed by atoms with Crippen LogP contribution in [0.4, 0.5) is 0 Å². The molecular formula is C21H20O8. The van der Waals surface area contributed by atoms with Gasteiger partial charge in [0.25, 0.3) is 0 Å². The van der Waals surface area contributed by atoms with Crippen LogP contribution in [0, 0.1) is 0 Å². The molecule has 0 saturated carbocycles. The Morgan fingerprint density at radius 3 is 1.72 bits per heavy atom. The Hall–Kier alpha value is -3.62. The van der Waals surface area contributed by atoms with Gasteiger partial charge < -0.3 is 30.6 Å². The summed E-state index contributed by atoms with van der Waals surface area (Å²) in [6.07, 6.45) is 3.78. The van der Waals surface area contributed by atoms with Crippen molar-refractivity contribution in [2.24, 2.45) is 0 Å². The zero-order chi connectivity index (χ0) is 21.6. The summed E-state index contributed by atoms with van der Waals surface area (Å²) in [6.45, 7) is 0. The van der Waals surface area contributed by atoms with E-state index in [2.05, 4.69) is 0 Å². The first-order chi connectivity index (χ1) is 13.6. The van der Waals surface area contributed by atoms with E-state index in [-0.39, 0.29) is 23.7 Å².